The molecule has 0 aliphatic rings. The molecule has 0 fully saturated rings. The minimum atomic E-state index is -0.0288. The van der Waals surface area contributed by atoms with Crippen molar-refractivity contribution < 1.29 is 9.53 Å². The molecule has 0 aromatic heterocycles. The van der Waals surface area contributed by atoms with Gasteiger partial charge in [-0.2, -0.15) is 0 Å². The highest BCUT2D eigenvalue weighted by Gasteiger charge is 2.18. The number of amides is 1. The van der Waals surface area contributed by atoms with Crippen LogP contribution in [0.1, 0.15) is 41.0 Å². The van der Waals surface area contributed by atoms with E-state index in [0.717, 1.165) is 19.5 Å². The molecule has 0 saturated carbocycles. The summed E-state index contributed by atoms with van der Waals surface area (Å²) in [5, 5.41) is 0. The van der Waals surface area contributed by atoms with Gasteiger partial charge >= 0.3 is 0 Å². The molecule has 0 radical (unpaired) electrons. The third-order valence-electron chi connectivity index (χ3n) is 2.70. The summed E-state index contributed by atoms with van der Waals surface area (Å²) in [6.07, 6.45) is 1.24. The van der Waals surface area contributed by atoms with Gasteiger partial charge < -0.3 is 9.64 Å². The summed E-state index contributed by atoms with van der Waals surface area (Å²) < 4.78 is 5.57. The predicted molar refractivity (Wildman–Crippen MR) is 62.8 cm³/mol. The molecule has 15 heavy (non-hydrogen) atoms. The number of nitrogens with zero attached hydrogens (tertiary/aromatic N) is 1. The molecule has 90 valence electrons. The van der Waals surface area contributed by atoms with E-state index in [2.05, 4.69) is 6.92 Å². The van der Waals surface area contributed by atoms with Gasteiger partial charge in [-0.1, -0.05) is 13.8 Å². The fourth-order valence-electron chi connectivity index (χ4n) is 1.34. The van der Waals surface area contributed by atoms with Crippen LogP contribution in [0.15, 0.2) is 0 Å². The van der Waals surface area contributed by atoms with Gasteiger partial charge in [-0.05, 0) is 27.2 Å². The topological polar surface area (TPSA) is 29.5 Å². The van der Waals surface area contributed by atoms with Crippen LogP contribution in [0.5, 0.6) is 0 Å². The number of carbonyl (C=O) groups is 1. The number of hydrogen-bond acceptors (Lipinski definition) is 2. The first-order valence-corrected chi connectivity index (χ1v) is 5.97. The second-order valence-electron chi connectivity index (χ2n) is 3.96. The van der Waals surface area contributed by atoms with Crippen molar-refractivity contribution in [1.82, 2.24) is 4.90 Å². The first kappa shape index (κ1) is 14.4. The van der Waals surface area contributed by atoms with E-state index < -0.39 is 0 Å². The van der Waals surface area contributed by atoms with Crippen LogP contribution >= 0.6 is 0 Å². The van der Waals surface area contributed by atoms with Crippen molar-refractivity contribution in [3.63, 3.8) is 0 Å². The molecule has 0 aromatic rings. The predicted octanol–water partition coefficient (Wildman–Crippen LogP) is 2.31. The largest absolute Gasteiger partial charge is 0.378 e. The van der Waals surface area contributed by atoms with Gasteiger partial charge in [0.1, 0.15) is 0 Å². The Morgan fingerprint density at radius 2 is 1.73 bits per heavy atom. The molecular formula is C12H25NO2. The molecule has 0 aliphatic carbocycles. The van der Waals surface area contributed by atoms with Crippen LogP contribution in [0, 0.1) is 5.92 Å². The van der Waals surface area contributed by atoms with Crippen molar-refractivity contribution in [3.8, 4) is 0 Å². The van der Waals surface area contributed by atoms with Crippen molar-refractivity contribution >= 4 is 5.91 Å². The van der Waals surface area contributed by atoms with Crippen molar-refractivity contribution in [1.29, 1.82) is 0 Å². The second kappa shape index (κ2) is 7.69. The summed E-state index contributed by atoms with van der Waals surface area (Å²) in [5.41, 5.74) is 0. The van der Waals surface area contributed by atoms with Gasteiger partial charge in [0.25, 0.3) is 0 Å². The lowest BCUT2D eigenvalue weighted by Gasteiger charge is -2.23. The van der Waals surface area contributed by atoms with E-state index in [1.165, 1.54) is 0 Å². The van der Waals surface area contributed by atoms with Gasteiger partial charge in [0, 0.05) is 13.1 Å². The molecule has 3 heteroatoms. The summed E-state index contributed by atoms with van der Waals surface area (Å²) >= 11 is 0. The summed E-state index contributed by atoms with van der Waals surface area (Å²) in [5.74, 6) is 0.169. The molecule has 0 bridgehead atoms. The highest BCUT2D eigenvalue weighted by atomic mass is 16.5. The molecule has 0 N–H and O–H groups in total. The molecule has 0 aliphatic heterocycles. The first-order valence-electron chi connectivity index (χ1n) is 5.97. The van der Waals surface area contributed by atoms with Crippen LogP contribution < -0.4 is 0 Å². The van der Waals surface area contributed by atoms with Crippen LogP contribution in [0.2, 0.25) is 0 Å². The second-order valence-corrected chi connectivity index (χ2v) is 3.96. The molecule has 0 heterocycles. The summed E-state index contributed by atoms with van der Waals surface area (Å²) in [6.45, 7) is 12.2. The highest BCUT2D eigenvalue weighted by Crippen LogP contribution is 2.06. The van der Waals surface area contributed by atoms with Crippen LogP contribution in [0.25, 0.3) is 0 Å². The van der Waals surface area contributed by atoms with Gasteiger partial charge in [-0.25, -0.2) is 0 Å². The lowest BCUT2D eigenvalue weighted by atomic mass is 10.1. The lowest BCUT2D eigenvalue weighted by Crippen LogP contribution is -2.36. The summed E-state index contributed by atoms with van der Waals surface area (Å²) in [4.78, 5) is 13.7. The van der Waals surface area contributed by atoms with Crippen molar-refractivity contribution in [2.45, 2.75) is 47.1 Å². The average molecular weight is 215 g/mol. The molecule has 0 spiro atoms. The number of hydrogen-bond donors (Lipinski definition) is 0. The van der Waals surface area contributed by atoms with Crippen LogP contribution in [0.4, 0.5) is 0 Å². The first-order chi connectivity index (χ1) is 7.06. The molecule has 2 atom stereocenters. The Balaban J connectivity index is 3.97. The maximum Gasteiger partial charge on any atom is 0.227 e. The van der Waals surface area contributed by atoms with E-state index >= 15 is 0 Å². The van der Waals surface area contributed by atoms with E-state index in [0.29, 0.717) is 6.61 Å². The maximum atomic E-state index is 11.9. The fourth-order valence-corrected chi connectivity index (χ4v) is 1.34. The van der Waals surface area contributed by atoms with Crippen molar-refractivity contribution in [3.05, 3.63) is 0 Å². The SMILES string of the molecule is CCC(C)OCC(C)C(=O)N(CC)CC. The Kier molecular flexibility index (Phi) is 7.39. The normalized spacial score (nSPS) is 14.7. The molecule has 2 unspecified atom stereocenters. The van der Waals surface area contributed by atoms with Gasteiger partial charge in [0.05, 0.1) is 18.6 Å². The Morgan fingerprint density at radius 1 is 1.20 bits per heavy atom. The van der Waals surface area contributed by atoms with E-state index in [1.54, 1.807) is 0 Å². The molecule has 3 nitrogen and oxygen atoms in total. The number of ether oxygens (including phenoxy) is 1. The fraction of sp³-hybridized carbons (Fsp3) is 0.917. The number of rotatable bonds is 7. The van der Waals surface area contributed by atoms with Crippen LogP contribution in [-0.2, 0) is 9.53 Å². The van der Waals surface area contributed by atoms with E-state index in [1.807, 2.05) is 32.6 Å². The van der Waals surface area contributed by atoms with Crippen molar-refractivity contribution in [2.24, 2.45) is 5.92 Å². The van der Waals surface area contributed by atoms with E-state index in [9.17, 15) is 4.79 Å². The third-order valence-corrected chi connectivity index (χ3v) is 2.70. The molecule has 0 saturated heterocycles. The Labute approximate surface area is 93.8 Å². The highest BCUT2D eigenvalue weighted by molar-refractivity contribution is 5.78. The monoisotopic (exact) mass is 215 g/mol. The van der Waals surface area contributed by atoms with E-state index in [-0.39, 0.29) is 17.9 Å². The van der Waals surface area contributed by atoms with Crippen molar-refractivity contribution in [2.75, 3.05) is 19.7 Å². The van der Waals surface area contributed by atoms with E-state index in [4.69, 9.17) is 4.74 Å². The van der Waals surface area contributed by atoms with Gasteiger partial charge in [0.2, 0.25) is 5.91 Å². The van der Waals surface area contributed by atoms with Crippen LogP contribution in [-0.4, -0.2) is 36.6 Å². The molecular weight excluding hydrogens is 190 g/mol. The standard InChI is InChI=1S/C12H25NO2/c1-6-11(5)15-9-10(4)12(14)13(7-2)8-3/h10-11H,6-9H2,1-5H3. The molecule has 0 rings (SSSR count). The quantitative estimate of drug-likeness (QED) is 0.652. The smallest absolute Gasteiger partial charge is 0.227 e. The minimum Gasteiger partial charge on any atom is -0.378 e. The van der Waals surface area contributed by atoms with Crippen LogP contribution in [0.3, 0.4) is 0 Å². The number of carbonyl (C=O) groups excluding carboxylic acids is 1. The van der Waals surface area contributed by atoms with Gasteiger partial charge in [-0.15, -0.1) is 0 Å². The Hall–Kier alpha value is -0.570. The lowest BCUT2D eigenvalue weighted by molar-refractivity contribution is -0.137. The molecule has 1 amide bonds. The summed E-state index contributed by atoms with van der Waals surface area (Å²) in [7, 11) is 0. The van der Waals surface area contributed by atoms with Gasteiger partial charge in [0.15, 0.2) is 0 Å². The zero-order chi connectivity index (χ0) is 11.8. The molecule has 0 aromatic carbocycles. The van der Waals surface area contributed by atoms with Gasteiger partial charge in [-0.3, -0.25) is 4.79 Å². The summed E-state index contributed by atoms with van der Waals surface area (Å²) in [6, 6.07) is 0. The minimum absolute atomic E-state index is 0.0288. The third kappa shape index (κ3) is 5.17. The zero-order valence-electron chi connectivity index (χ0n) is 10.7. The maximum absolute atomic E-state index is 11.9. The Bertz CT molecular complexity index is 178. The zero-order valence-corrected chi connectivity index (χ0v) is 10.7. The Morgan fingerprint density at radius 3 is 2.13 bits per heavy atom. The average Bonchev–Trinajstić information content (AvgIpc) is 2.26.